The molecule has 6 nitrogen and oxygen atoms in total. The maximum atomic E-state index is 12.8. The number of nitrogens with one attached hydrogen (secondary N) is 1. The van der Waals surface area contributed by atoms with E-state index in [0.717, 1.165) is 18.2 Å². The number of anilines is 1. The van der Waals surface area contributed by atoms with Gasteiger partial charge in [0.25, 0.3) is 10.0 Å². The number of carbonyl (C=O) groups excluding carboxylic acids is 1. The summed E-state index contributed by atoms with van der Waals surface area (Å²) in [6, 6.07) is 9.58. The second-order valence-electron chi connectivity index (χ2n) is 6.52. The maximum Gasteiger partial charge on any atom is 0.416 e. The molecule has 2 aromatic rings. The van der Waals surface area contributed by atoms with E-state index in [1.54, 1.807) is 11.0 Å². The number of halogens is 3. The van der Waals surface area contributed by atoms with Crippen molar-refractivity contribution in [2.75, 3.05) is 31.0 Å². The van der Waals surface area contributed by atoms with E-state index in [4.69, 9.17) is 4.74 Å². The Kier molecular flexibility index (Phi) is 6.47. The van der Waals surface area contributed by atoms with Gasteiger partial charge in [-0.2, -0.15) is 13.2 Å². The van der Waals surface area contributed by atoms with Crippen LogP contribution in [0.25, 0.3) is 6.08 Å². The Morgan fingerprint density at radius 2 is 1.73 bits per heavy atom. The lowest BCUT2D eigenvalue weighted by Gasteiger charge is -2.25. The third-order valence-electron chi connectivity index (χ3n) is 4.37. The second kappa shape index (κ2) is 8.88. The molecule has 0 atom stereocenters. The van der Waals surface area contributed by atoms with Crippen molar-refractivity contribution in [2.45, 2.75) is 11.1 Å². The van der Waals surface area contributed by atoms with Gasteiger partial charge in [0, 0.05) is 24.9 Å². The van der Waals surface area contributed by atoms with Crippen LogP contribution in [-0.2, 0) is 25.7 Å². The van der Waals surface area contributed by atoms with Gasteiger partial charge in [-0.1, -0.05) is 18.2 Å². The summed E-state index contributed by atoms with van der Waals surface area (Å²) >= 11 is 0. The third kappa shape index (κ3) is 5.61. The standard InChI is InChI=1S/C20H19F3N2O4S/c21-20(22,23)16-2-1-3-17(14-16)24-30(27,28)18-7-4-15(5-8-18)6-9-19(26)25-10-12-29-13-11-25/h1-9,14,24H,10-13H2. The maximum absolute atomic E-state index is 12.8. The number of ether oxygens (including phenoxy) is 1. The van der Waals surface area contributed by atoms with Crippen LogP contribution < -0.4 is 4.72 Å². The van der Waals surface area contributed by atoms with E-state index in [1.165, 1.54) is 36.4 Å². The third-order valence-corrected chi connectivity index (χ3v) is 5.77. The van der Waals surface area contributed by atoms with E-state index >= 15 is 0 Å². The molecule has 1 aliphatic rings. The van der Waals surface area contributed by atoms with Crippen LogP contribution in [0, 0.1) is 0 Å². The molecule has 0 radical (unpaired) electrons. The lowest BCUT2D eigenvalue weighted by Crippen LogP contribution is -2.39. The fourth-order valence-corrected chi connectivity index (χ4v) is 3.84. The molecule has 0 spiro atoms. The van der Waals surface area contributed by atoms with Crippen molar-refractivity contribution in [3.05, 3.63) is 65.7 Å². The van der Waals surface area contributed by atoms with Gasteiger partial charge in [0.1, 0.15) is 0 Å². The summed E-state index contributed by atoms with van der Waals surface area (Å²) in [4.78, 5) is 13.6. The average molecular weight is 440 g/mol. The predicted octanol–water partition coefficient (Wildman–Crippen LogP) is 3.38. The van der Waals surface area contributed by atoms with Crippen molar-refractivity contribution >= 4 is 27.7 Å². The second-order valence-corrected chi connectivity index (χ2v) is 8.21. The summed E-state index contributed by atoms with van der Waals surface area (Å²) in [5.74, 6) is -0.166. The lowest BCUT2D eigenvalue weighted by atomic mass is 10.2. The van der Waals surface area contributed by atoms with Gasteiger partial charge in [0.2, 0.25) is 5.91 Å². The first-order valence-electron chi connectivity index (χ1n) is 9.00. The number of amides is 1. The molecule has 30 heavy (non-hydrogen) atoms. The zero-order valence-corrected chi connectivity index (χ0v) is 16.5. The number of sulfonamides is 1. The molecule has 0 aliphatic carbocycles. The molecule has 10 heteroatoms. The molecule has 0 bridgehead atoms. The number of alkyl halides is 3. The highest BCUT2D eigenvalue weighted by Crippen LogP contribution is 2.31. The van der Waals surface area contributed by atoms with Crippen LogP contribution in [0.15, 0.2) is 59.5 Å². The predicted molar refractivity (Wildman–Crippen MR) is 105 cm³/mol. The minimum atomic E-state index is -4.58. The number of nitrogens with zero attached hydrogens (tertiary/aromatic N) is 1. The molecule has 0 unspecified atom stereocenters. The fourth-order valence-electron chi connectivity index (χ4n) is 2.79. The normalized spacial score (nSPS) is 15.4. The largest absolute Gasteiger partial charge is 0.416 e. The van der Waals surface area contributed by atoms with Crippen molar-refractivity contribution in [1.29, 1.82) is 0 Å². The number of hydrogen-bond donors (Lipinski definition) is 1. The number of hydrogen-bond acceptors (Lipinski definition) is 4. The van der Waals surface area contributed by atoms with Crippen molar-refractivity contribution in [3.8, 4) is 0 Å². The molecule has 0 aromatic heterocycles. The van der Waals surface area contributed by atoms with Crippen LogP contribution >= 0.6 is 0 Å². The zero-order chi connectivity index (χ0) is 21.8. The van der Waals surface area contributed by atoms with Crippen LogP contribution in [0.4, 0.5) is 18.9 Å². The van der Waals surface area contributed by atoms with Gasteiger partial charge in [-0.3, -0.25) is 9.52 Å². The molecular weight excluding hydrogens is 421 g/mol. The highest BCUT2D eigenvalue weighted by Gasteiger charge is 2.30. The number of benzene rings is 2. The lowest BCUT2D eigenvalue weighted by molar-refractivity contribution is -0.137. The molecule has 1 amide bonds. The van der Waals surface area contributed by atoms with E-state index in [9.17, 15) is 26.4 Å². The summed E-state index contributed by atoms with van der Waals surface area (Å²) in [5.41, 5.74) is -0.535. The Morgan fingerprint density at radius 3 is 2.37 bits per heavy atom. The quantitative estimate of drug-likeness (QED) is 0.724. The van der Waals surface area contributed by atoms with Gasteiger partial charge < -0.3 is 9.64 Å². The Labute approximate surface area is 172 Å². The minimum Gasteiger partial charge on any atom is -0.378 e. The molecule has 1 heterocycles. The number of carbonyl (C=O) groups is 1. The van der Waals surface area contributed by atoms with E-state index in [0.29, 0.717) is 31.9 Å². The topological polar surface area (TPSA) is 75.7 Å². The van der Waals surface area contributed by atoms with Crippen LogP contribution in [0.2, 0.25) is 0 Å². The first-order chi connectivity index (χ1) is 14.1. The molecule has 1 saturated heterocycles. The Hall–Kier alpha value is -2.85. The van der Waals surface area contributed by atoms with Crippen molar-refractivity contribution < 1.29 is 31.1 Å². The van der Waals surface area contributed by atoms with Gasteiger partial charge in [0.15, 0.2) is 0 Å². The summed E-state index contributed by atoms with van der Waals surface area (Å²) in [5, 5.41) is 0. The summed E-state index contributed by atoms with van der Waals surface area (Å²) in [7, 11) is -4.07. The number of morpholine rings is 1. The van der Waals surface area contributed by atoms with Crippen molar-refractivity contribution in [2.24, 2.45) is 0 Å². The van der Waals surface area contributed by atoms with E-state index in [1.807, 2.05) is 0 Å². The number of rotatable bonds is 5. The first-order valence-corrected chi connectivity index (χ1v) is 10.5. The van der Waals surface area contributed by atoms with E-state index in [2.05, 4.69) is 4.72 Å². The van der Waals surface area contributed by atoms with Crippen LogP contribution in [0.3, 0.4) is 0 Å². The summed E-state index contributed by atoms with van der Waals surface area (Å²) < 4.78 is 70.7. The SMILES string of the molecule is O=C(C=Cc1ccc(S(=O)(=O)Nc2cccc(C(F)(F)F)c2)cc1)N1CCOCC1. The van der Waals surface area contributed by atoms with Crippen LogP contribution in [0.5, 0.6) is 0 Å². The molecule has 160 valence electrons. The Bertz CT molecular complexity index is 1030. The van der Waals surface area contributed by atoms with Crippen molar-refractivity contribution in [3.63, 3.8) is 0 Å². The molecule has 0 saturated carbocycles. The summed E-state index contributed by atoms with van der Waals surface area (Å²) in [6.45, 7) is 2.01. The Morgan fingerprint density at radius 1 is 1.07 bits per heavy atom. The molecule has 1 N–H and O–H groups in total. The van der Waals surface area contributed by atoms with Crippen LogP contribution in [-0.4, -0.2) is 45.5 Å². The highest BCUT2D eigenvalue weighted by atomic mass is 32.2. The van der Waals surface area contributed by atoms with Crippen LogP contribution in [0.1, 0.15) is 11.1 Å². The molecular formula is C20H19F3N2O4S. The van der Waals surface area contributed by atoms with Gasteiger partial charge >= 0.3 is 6.18 Å². The summed E-state index contributed by atoms with van der Waals surface area (Å²) in [6.07, 6.45) is -1.61. The van der Waals surface area contributed by atoms with Gasteiger partial charge in [0.05, 0.1) is 23.7 Å². The van der Waals surface area contributed by atoms with Crippen molar-refractivity contribution in [1.82, 2.24) is 4.90 Å². The monoisotopic (exact) mass is 440 g/mol. The molecule has 3 rings (SSSR count). The molecule has 2 aromatic carbocycles. The zero-order valence-electron chi connectivity index (χ0n) is 15.7. The Balaban J connectivity index is 1.69. The smallest absolute Gasteiger partial charge is 0.378 e. The van der Waals surface area contributed by atoms with Gasteiger partial charge in [-0.15, -0.1) is 0 Å². The highest BCUT2D eigenvalue weighted by molar-refractivity contribution is 7.92. The van der Waals surface area contributed by atoms with Gasteiger partial charge in [-0.25, -0.2) is 8.42 Å². The first kappa shape index (κ1) is 21.8. The molecule has 1 aliphatic heterocycles. The van der Waals surface area contributed by atoms with E-state index < -0.39 is 21.8 Å². The van der Waals surface area contributed by atoms with Gasteiger partial charge in [-0.05, 0) is 42.0 Å². The molecule has 1 fully saturated rings. The minimum absolute atomic E-state index is 0.114. The fraction of sp³-hybridized carbons (Fsp3) is 0.250. The van der Waals surface area contributed by atoms with E-state index in [-0.39, 0.29) is 16.5 Å². The average Bonchev–Trinajstić information content (AvgIpc) is 2.72.